The highest BCUT2D eigenvalue weighted by Crippen LogP contribution is 2.15. The number of benzene rings is 1. The van der Waals surface area contributed by atoms with Crippen LogP contribution in [0.3, 0.4) is 0 Å². The van der Waals surface area contributed by atoms with Gasteiger partial charge in [0.1, 0.15) is 0 Å². The second-order valence-corrected chi connectivity index (χ2v) is 3.38. The Hall–Kier alpha value is -1.84. The summed E-state index contributed by atoms with van der Waals surface area (Å²) < 4.78 is 1.69. The molecule has 0 aliphatic heterocycles. The van der Waals surface area contributed by atoms with E-state index in [1.165, 1.54) is 5.56 Å². The molecular formula is C10H12N4. The predicted molar refractivity (Wildman–Crippen MR) is 55.2 cm³/mol. The van der Waals surface area contributed by atoms with Crippen molar-refractivity contribution in [2.75, 3.05) is 5.73 Å². The van der Waals surface area contributed by atoms with E-state index in [1.807, 2.05) is 13.8 Å². The van der Waals surface area contributed by atoms with Crippen LogP contribution in [-0.2, 0) is 0 Å². The van der Waals surface area contributed by atoms with Gasteiger partial charge in [0.2, 0.25) is 0 Å². The average Bonchev–Trinajstić information content (AvgIpc) is 2.56. The van der Waals surface area contributed by atoms with Crippen LogP contribution >= 0.6 is 0 Å². The highest BCUT2D eigenvalue weighted by molar-refractivity contribution is 5.43. The number of rotatable bonds is 1. The monoisotopic (exact) mass is 188 g/mol. The third-order valence-corrected chi connectivity index (χ3v) is 2.12. The fourth-order valence-electron chi connectivity index (χ4n) is 1.36. The summed E-state index contributed by atoms with van der Waals surface area (Å²) in [5, 5.41) is 7.68. The van der Waals surface area contributed by atoms with Crippen molar-refractivity contribution in [3.05, 3.63) is 35.5 Å². The molecule has 0 unspecified atom stereocenters. The fourth-order valence-corrected chi connectivity index (χ4v) is 1.36. The van der Waals surface area contributed by atoms with Crippen molar-refractivity contribution in [2.24, 2.45) is 0 Å². The fraction of sp³-hybridized carbons (Fsp3) is 0.200. The number of hydrogen-bond acceptors (Lipinski definition) is 3. The molecule has 2 N–H and O–H groups in total. The lowest BCUT2D eigenvalue weighted by Gasteiger charge is -2.05. The summed E-state index contributed by atoms with van der Waals surface area (Å²) in [6, 6.07) is 6.19. The molecule has 72 valence electrons. The molecule has 0 bridgehead atoms. The van der Waals surface area contributed by atoms with E-state index >= 15 is 0 Å². The van der Waals surface area contributed by atoms with E-state index in [9.17, 15) is 0 Å². The molecule has 2 aromatic rings. The molecule has 0 saturated heterocycles. The van der Waals surface area contributed by atoms with E-state index < -0.39 is 0 Å². The molecule has 0 fully saturated rings. The first-order valence-corrected chi connectivity index (χ1v) is 4.42. The van der Waals surface area contributed by atoms with E-state index in [2.05, 4.69) is 28.5 Å². The Labute approximate surface area is 82.4 Å². The van der Waals surface area contributed by atoms with E-state index in [0.717, 1.165) is 11.3 Å². The molecule has 0 radical (unpaired) electrons. The Morgan fingerprint density at radius 2 is 2.07 bits per heavy atom. The van der Waals surface area contributed by atoms with Crippen molar-refractivity contribution in [2.45, 2.75) is 13.8 Å². The van der Waals surface area contributed by atoms with E-state index in [1.54, 1.807) is 10.9 Å². The summed E-state index contributed by atoms with van der Waals surface area (Å²) in [7, 11) is 0. The zero-order chi connectivity index (χ0) is 10.1. The van der Waals surface area contributed by atoms with Crippen LogP contribution in [0.1, 0.15) is 11.1 Å². The molecule has 14 heavy (non-hydrogen) atoms. The Morgan fingerprint density at radius 3 is 2.71 bits per heavy atom. The predicted octanol–water partition coefficient (Wildman–Crippen LogP) is 1.47. The van der Waals surface area contributed by atoms with Crippen LogP contribution in [0.5, 0.6) is 0 Å². The van der Waals surface area contributed by atoms with Gasteiger partial charge in [-0.1, -0.05) is 17.3 Å². The van der Waals surface area contributed by atoms with Gasteiger partial charge in [-0.05, 0) is 31.0 Å². The van der Waals surface area contributed by atoms with Crippen LogP contribution in [-0.4, -0.2) is 15.0 Å². The molecule has 4 heteroatoms. The van der Waals surface area contributed by atoms with E-state index in [-0.39, 0.29) is 0 Å². The number of hydrogen-bond donors (Lipinski definition) is 1. The topological polar surface area (TPSA) is 56.7 Å². The summed E-state index contributed by atoms with van der Waals surface area (Å²) in [6.45, 7) is 4.08. The third kappa shape index (κ3) is 1.46. The molecule has 0 atom stereocenters. The zero-order valence-corrected chi connectivity index (χ0v) is 8.23. The number of aromatic nitrogens is 3. The van der Waals surface area contributed by atoms with Crippen molar-refractivity contribution in [3.8, 4) is 5.69 Å². The SMILES string of the molecule is Cc1ccc(C)c(-n2cc(N)nn2)c1. The normalized spacial score (nSPS) is 10.4. The molecule has 4 nitrogen and oxygen atoms in total. The van der Waals surface area contributed by atoms with Crippen LogP contribution in [0, 0.1) is 13.8 Å². The van der Waals surface area contributed by atoms with Gasteiger partial charge in [-0.2, -0.15) is 0 Å². The first-order chi connectivity index (χ1) is 6.66. The highest BCUT2D eigenvalue weighted by atomic mass is 15.4. The number of anilines is 1. The third-order valence-electron chi connectivity index (χ3n) is 2.12. The Balaban J connectivity index is 2.55. The van der Waals surface area contributed by atoms with Gasteiger partial charge < -0.3 is 5.73 Å². The largest absolute Gasteiger partial charge is 0.381 e. The lowest BCUT2D eigenvalue weighted by molar-refractivity contribution is 0.798. The number of aryl methyl sites for hydroxylation is 2. The van der Waals surface area contributed by atoms with Crippen molar-refractivity contribution >= 4 is 5.82 Å². The maximum absolute atomic E-state index is 5.51. The standard InChI is InChI=1S/C10H12N4/c1-7-3-4-8(2)9(5-7)14-6-10(11)12-13-14/h3-6H,11H2,1-2H3. The maximum atomic E-state index is 5.51. The van der Waals surface area contributed by atoms with Gasteiger partial charge in [0.15, 0.2) is 5.82 Å². The molecule has 0 spiro atoms. The van der Waals surface area contributed by atoms with Crippen molar-refractivity contribution in [1.82, 2.24) is 15.0 Å². The quantitative estimate of drug-likeness (QED) is 0.737. The minimum atomic E-state index is 0.436. The van der Waals surface area contributed by atoms with Crippen LogP contribution in [0.25, 0.3) is 5.69 Å². The Morgan fingerprint density at radius 1 is 1.29 bits per heavy atom. The minimum Gasteiger partial charge on any atom is -0.381 e. The van der Waals surface area contributed by atoms with Crippen LogP contribution < -0.4 is 5.73 Å². The molecule has 2 rings (SSSR count). The number of nitrogens with two attached hydrogens (primary N) is 1. The Bertz CT molecular complexity index is 459. The summed E-state index contributed by atoms with van der Waals surface area (Å²) in [4.78, 5) is 0. The van der Waals surface area contributed by atoms with Gasteiger partial charge in [-0.15, -0.1) is 5.10 Å². The van der Waals surface area contributed by atoms with Crippen molar-refractivity contribution in [1.29, 1.82) is 0 Å². The van der Waals surface area contributed by atoms with Gasteiger partial charge in [0, 0.05) is 0 Å². The first-order valence-electron chi connectivity index (χ1n) is 4.42. The summed E-state index contributed by atoms with van der Waals surface area (Å²) in [5.41, 5.74) is 8.88. The van der Waals surface area contributed by atoms with Crippen LogP contribution in [0.4, 0.5) is 5.82 Å². The molecule has 1 aromatic heterocycles. The molecule has 0 saturated carbocycles. The molecular weight excluding hydrogens is 176 g/mol. The molecule has 1 aromatic carbocycles. The maximum Gasteiger partial charge on any atom is 0.166 e. The van der Waals surface area contributed by atoms with Gasteiger partial charge in [-0.25, -0.2) is 4.68 Å². The highest BCUT2D eigenvalue weighted by Gasteiger charge is 2.03. The number of nitrogen functional groups attached to an aromatic ring is 1. The van der Waals surface area contributed by atoms with Gasteiger partial charge >= 0.3 is 0 Å². The zero-order valence-electron chi connectivity index (χ0n) is 8.23. The summed E-state index contributed by atoms with van der Waals surface area (Å²) >= 11 is 0. The minimum absolute atomic E-state index is 0.436. The lowest BCUT2D eigenvalue weighted by atomic mass is 10.1. The summed E-state index contributed by atoms with van der Waals surface area (Å²) in [5.74, 6) is 0.436. The molecule has 0 aliphatic carbocycles. The second-order valence-electron chi connectivity index (χ2n) is 3.38. The smallest absolute Gasteiger partial charge is 0.166 e. The summed E-state index contributed by atoms with van der Waals surface area (Å²) in [6.07, 6.45) is 1.71. The van der Waals surface area contributed by atoms with E-state index in [0.29, 0.717) is 5.82 Å². The van der Waals surface area contributed by atoms with Crippen LogP contribution in [0.2, 0.25) is 0 Å². The number of nitrogens with zero attached hydrogens (tertiary/aromatic N) is 3. The molecule has 0 amide bonds. The Kier molecular flexibility index (Phi) is 1.96. The second kappa shape index (κ2) is 3.14. The van der Waals surface area contributed by atoms with Crippen molar-refractivity contribution in [3.63, 3.8) is 0 Å². The molecule has 1 heterocycles. The van der Waals surface area contributed by atoms with Crippen LogP contribution in [0.15, 0.2) is 24.4 Å². The van der Waals surface area contributed by atoms with Gasteiger partial charge in [-0.3, -0.25) is 0 Å². The van der Waals surface area contributed by atoms with E-state index in [4.69, 9.17) is 5.73 Å². The van der Waals surface area contributed by atoms with Gasteiger partial charge in [0.25, 0.3) is 0 Å². The molecule has 0 aliphatic rings. The average molecular weight is 188 g/mol. The first kappa shape index (κ1) is 8.74. The van der Waals surface area contributed by atoms with Crippen molar-refractivity contribution < 1.29 is 0 Å². The van der Waals surface area contributed by atoms with Gasteiger partial charge in [0.05, 0.1) is 11.9 Å². The lowest BCUT2D eigenvalue weighted by Crippen LogP contribution is -1.98.